The smallest absolute Gasteiger partial charge is 0.0921 e. The number of epoxide rings is 1. The van der Waals surface area contributed by atoms with Crippen LogP contribution in [-0.4, -0.2) is 12.2 Å². The predicted molar refractivity (Wildman–Crippen MR) is 47.5 cm³/mol. The molecule has 1 aliphatic rings. The van der Waals surface area contributed by atoms with Crippen LogP contribution < -0.4 is 0 Å². The van der Waals surface area contributed by atoms with Crippen molar-refractivity contribution in [3.63, 3.8) is 0 Å². The van der Waals surface area contributed by atoms with Gasteiger partial charge in [-0.05, 0) is 24.7 Å². The van der Waals surface area contributed by atoms with Gasteiger partial charge in [0.25, 0.3) is 0 Å². The van der Waals surface area contributed by atoms with Crippen LogP contribution in [0.1, 0.15) is 34.6 Å². The summed E-state index contributed by atoms with van der Waals surface area (Å²) in [5.74, 6) is 2.20. The van der Waals surface area contributed by atoms with Crippen LogP contribution in [0.3, 0.4) is 0 Å². The molecule has 1 nitrogen and oxygen atoms in total. The predicted octanol–water partition coefficient (Wildman–Crippen LogP) is 2.70. The molecule has 1 heteroatoms. The Morgan fingerprint density at radius 3 is 1.55 bits per heavy atom. The van der Waals surface area contributed by atoms with Crippen molar-refractivity contribution in [2.75, 3.05) is 6.61 Å². The monoisotopic (exact) mass is 156 g/mol. The Balaban J connectivity index is 2.60. The third-order valence-electron chi connectivity index (χ3n) is 2.74. The Morgan fingerprint density at radius 2 is 1.45 bits per heavy atom. The summed E-state index contributed by atoms with van der Waals surface area (Å²) in [6.07, 6.45) is 0. The quantitative estimate of drug-likeness (QED) is 0.572. The van der Waals surface area contributed by atoms with Gasteiger partial charge in [0.05, 0.1) is 12.2 Å². The van der Waals surface area contributed by atoms with E-state index in [2.05, 4.69) is 34.6 Å². The molecule has 1 aliphatic heterocycles. The molecule has 0 aromatic heterocycles. The highest BCUT2D eigenvalue weighted by molar-refractivity contribution is 4.96. The molecule has 66 valence electrons. The van der Waals surface area contributed by atoms with E-state index in [9.17, 15) is 0 Å². The molecular weight excluding hydrogens is 136 g/mol. The van der Waals surface area contributed by atoms with Gasteiger partial charge < -0.3 is 4.74 Å². The first-order chi connectivity index (χ1) is 4.97. The highest BCUT2D eigenvalue weighted by Crippen LogP contribution is 2.42. The minimum absolute atomic E-state index is 0.211. The lowest BCUT2D eigenvalue weighted by Gasteiger charge is -2.28. The van der Waals surface area contributed by atoms with Gasteiger partial charge in [-0.15, -0.1) is 0 Å². The van der Waals surface area contributed by atoms with Crippen LogP contribution in [0.2, 0.25) is 0 Å². The Labute approximate surface area is 70.1 Å². The van der Waals surface area contributed by atoms with Crippen molar-refractivity contribution in [1.29, 1.82) is 0 Å². The fourth-order valence-corrected chi connectivity index (χ4v) is 2.49. The summed E-state index contributed by atoms with van der Waals surface area (Å²) >= 11 is 0. The van der Waals surface area contributed by atoms with E-state index in [1.165, 1.54) is 0 Å². The van der Waals surface area contributed by atoms with E-state index in [0.29, 0.717) is 0 Å². The molecule has 1 saturated heterocycles. The molecular formula is C10H20O. The van der Waals surface area contributed by atoms with E-state index in [-0.39, 0.29) is 5.60 Å². The van der Waals surface area contributed by atoms with Crippen LogP contribution in [0.4, 0.5) is 0 Å². The van der Waals surface area contributed by atoms with Crippen LogP contribution in [0.15, 0.2) is 0 Å². The first-order valence-electron chi connectivity index (χ1n) is 4.61. The molecule has 0 aliphatic carbocycles. The van der Waals surface area contributed by atoms with E-state index in [0.717, 1.165) is 24.4 Å². The summed E-state index contributed by atoms with van der Waals surface area (Å²) < 4.78 is 5.48. The van der Waals surface area contributed by atoms with Crippen LogP contribution in [0.5, 0.6) is 0 Å². The zero-order valence-electron chi connectivity index (χ0n) is 8.35. The van der Waals surface area contributed by atoms with E-state index in [1.807, 2.05) is 0 Å². The van der Waals surface area contributed by atoms with Crippen molar-refractivity contribution >= 4 is 0 Å². The maximum Gasteiger partial charge on any atom is 0.0921 e. The number of ether oxygens (including phenoxy) is 1. The third kappa shape index (κ3) is 1.76. The summed E-state index contributed by atoms with van der Waals surface area (Å²) in [4.78, 5) is 0. The standard InChI is InChI=1S/C10H20O/c1-7(2)9(8(3)4)10(5)6-11-10/h7-9H,6H2,1-5H3. The van der Waals surface area contributed by atoms with Crippen LogP contribution in [0, 0.1) is 17.8 Å². The minimum Gasteiger partial charge on any atom is -0.370 e. The Bertz CT molecular complexity index is 126. The zero-order valence-corrected chi connectivity index (χ0v) is 8.35. The van der Waals surface area contributed by atoms with Gasteiger partial charge >= 0.3 is 0 Å². The Hall–Kier alpha value is -0.0400. The van der Waals surface area contributed by atoms with Gasteiger partial charge in [-0.3, -0.25) is 0 Å². The lowest BCUT2D eigenvalue weighted by Crippen LogP contribution is -2.30. The van der Waals surface area contributed by atoms with Gasteiger partial charge in [0, 0.05) is 0 Å². The molecule has 1 atom stereocenters. The molecule has 0 bridgehead atoms. The largest absolute Gasteiger partial charge is 0.370 e. The Morgan fingerprint density at radius 1 is 1.09 bits per heavy atom. The molecule has 11 heavy (non-hydrogen) atoms. The molecule has 1 heterocycles. The van der Waals surface area contributed by atoms with Crippen molar-refractivity contribution in [3.8, 4) is 0 Å². The molecule has 1 rings (SSSR count). The molecule has 0 saturated carbocycles. The van der Waals surface area contributed by atoms with Crippen molar-refractivity contribution in [2.45, 2.75) is 40.2 Å². The van der Waals surface area contributed by atoms with Crippen molar-refractivity contribution < 1.29 is 4.74 Å². The van der Waals surface area contributed by atoms with E-state index in [1.54, 1.807) is 0 Å². The summed E-state index contributed by atoms with van der Waals surface area (Å²) in [6, 6.07) is 0. The molecule has 0 amide bonds. The molecule has 0 aromatic carbocycles. The average molecular weight is 156 g/mol. The number of hydrogen-bond donors (Lipinski definition) is 0. The lowest BCUT2D eigenvalue weighted by atomic mass is 9.77. The van der Waals surface area contributed by atoms with Gasteiger partial charge in [0.15, 0.2) is 0 Å². The second-order valence-electron chi connectivity index (χ2n) is 4.62. The topological polar surface area (TPSA) is 12.5 Å². The first kappa shape index (κ1) is 9.05. The second-order valence-corrected chi connectivity index (χ2v) is 4.62. The summed E-state index contributed by atoms with van der Waals surface area (Å²) in [7, 11) is 0. The SMILES string of the molecule is CC(C)C(C(C)C)C1(C)CO1. The summed E-state index contributed by atoms with van der Waals surface area (Å²) in [5, 5.41) is 0. The molecule has 0 aromatic rings. The lowest BCUT2D eigenvalue weighted by molar-refractivity contribution is 0.143. The molecule has 1 unspecified atom stereocenters. The van der Waals surface area contributed by atoms with Gasteiger partial charge in [-0.25, -0.2) is 0 Å². The Kier molecular flexibility index (Phi) is 2.29. The van der Waals surface area contributed by atoms with Crippen LogP contribution >= 0.6 is 0 Å². The van der Waals surface area contributed by atoms with Crippen LogP contribution in [-0.2, 0) is 4.74 Å². The maximum absolute atomic E-state index is 5.48. The molecule has 0 spiro atoms. The van der Waals surface area contributed by atoms with Gasteiger partial charge in [-0.2, -0.15) is 0 Å². The molecule has 0 radical (unpaired) electrons. The van der Waals surface area contributed by atoms with Crippen molar-refractivity contribution in [2.24, 2.45) is 17.8 Å². The van der Waals surface area contributed by atoms with Crippen molar-refractivity contribution in [3.05, 3.63) is 0 Å². The number of hydrogen-bond acceptors (Lipinski definition) is 1. The highest BCUT2D eigenvalue weighted by Gasteiger charge is 2.48. The molecule has 1 fully saturated rings. The fraction of sp³-hybridized carbons (Fsp3) is 1.00. The van der Waals surface area contributed by atoms with Crippen LogP contribution in [0.25, 0.3) is 0 Å². The zero-order chi connectivity index (χ0) is 8.65. The first-order valence-corrected chi connectivity index (χ1v) is 4.61. The van der Waals surface area contributed by atoms with E-state index < -0.39 is 0 Å². The molecule has 0 N–H and O–H groups in total. The normalized spacial score (nSPS) is 30.5. The minimum atomic E-state index is 0.211. The van der Waals surface area contributed by atoms with Gasteiger partial charge in [0.2, 0.25) is 0 Å². The van der Waals surface area contributed by atoms with E-state index in [4.69, 9.17) is 4.74 Å². The fourth-order valence-electron chi connectivity index (χ4n) is 2.49. The van der Waals surface area contributed by atoms with Crippen molar-refractivity contribution in [1.82, 2.24) is 0 Å². The number of rotatable bonds is 3. The maximum atomic E-state index is 5.48. The average Bonchev–Trinajstić information content (AvgIpc) is 2.44. The highest BCUT2D eigenvalue weighted by atomic mass is 16.6. The van der Waals surface area contributed by atoms with Gasteiger partial charge in [0.1, 0.15) is 0 Å². The summed E-state index contributed by atoms with van der Waals surface area (Å²) in [5.41, 5.74) is 0.211. The van der Waals surface area contributed by atoms with E-state index >= 15 is 0 Å². The van der Waals surface area contributed by atoms with Gasteiger partial charge in [-0.1, -0.05) is 27.7 Å². The summed E-state index contributed by atoms with van der Waals surface area (Å²) in [6.45, 7) is 12.4. The second kappa shape index (κ2) is 2.78. The third-order valence-corrected chi connectivity index (χ3v) is 2.74.